The number of benzene rings is 1. The highest BCUT2D eigenvalue weighted by Crippen LogP contribution is 2.27. The van der Waals surface area contributed by atoms with Gasteiger partial charge in [-0.1, -0.05) is 6.07 Å². The van der Waals surface area contributed by atoms with Gasteiger partial charge in [0.2, 0.25) is 0 Å². The van der Waals surface area contributed by atoms with Crippen LogP contribution in [-0.2, 0) is 6.54 Å². The first-order chi connectivity index (χ1) is 9.72. The van der Waals surface area contributed by atoms with E-state index >= 15 is 0 Å². The first-order valence-electron chi connectivity index (χ1n) is 6.82. The molecule has 20 heavy (non-hydrogen) atoms. The summed E-state index contributed by atoms with van der Waals surface area (Å²) in [4.78, 5) is 4.08. The third kappa shape index (κ3) is 3.14. The van der Waals surface area contributed by atoms with Gasteiger partial charge in [-0.2, -0.15) is 0 Å². The van der Waals surface area contributed by atoms with Gasteiger partial charge in [0.25, 0.3) is 0 Å². The van der Waals surface area contributed by atoms with Crippen LogP contribution in [-0.4, -0.2) is 11.0 Å². The van der Waals surface area contributed by atoms with Crippen LogP contribution in [0, 0.1) is 12.7 Å². The zero-order chi connectivity index (χ0) is 13.9. The quantitative estimate of drug-likeness (QED) is 0.903. The lowest BCUT2D eigenvalue weighted by molar-refractivity contribution is 0.464. The lowest BCUT2D eigenvalue weighted by Crippen LogP contribution is -2.15. The van der Waals surface area contributed by atoms with E-state index in [2.05, 4.69) is 10.3 Å². The second kappa shape index (κ2) is 5.59. The van der Waals surface area contributed by atoms with Crippen molar-refractivity contribution in [1.82, 2.24) is 10.3 Å². The molecule has 2 aromatic rings. The van der Waals surface area contributed by atoms with Crippen molar-refractivity contribution in [1.29, 1.82) is 0 Å². The van der Waals surface area contributed by atoms with Crippen LogP contribution >= 0.6 is 0 Å². The second-order valence-electron chi connectivity index (χ2n) is 5.15. The first-order valence-corrected chi connectivity index (χ1v) is 6.82. The number of ether oxygens (including phenoxy) is 1. The molecule has 1 fully saturated rings. The van der Waals surface area contributed by atoms with Crippen LogP contribution in [0.5, 0.6) is 11.5 Å². The zero-order valence-electron chi connectivity index (χ0n) is 11.4. The minimum atomic E-state index is -0.260. The van der Waals surface area contributed by atoms with Gasteiger partial charge in [0.15, 0.2) is 0 Å². The Hall–Kier alpha value is -1.94. The summed E-state index contributed by atoms with van der Waals surface area (Å²) in [5.41, 5.74) is 1.65. The van der Waals surface area contributed by atoms with Crippen molar-refractivity contribution in [2.45, 2.75) is 32.4 Å². The Morgan fingerprint density at radius 3 is 2.95 bits per heavy atom. The molecule has 3 nitrogen and oxygen atoms in total. The van der Waals surface area contributed by atoms with Gasteiger partial charge in [0.1, 0.15) is 17.3 Å². The van der Waals surface area contributed by atoms with Crippen molar-refractivity contribution in [3.05, 3.63) is 53.6 Å². The number of pyridine rings is 1. The highest BCUT2D eigenvalue weighted by atomic mass is 19.1. The summed E-state index contributed by atoms with van der Waals surface area (Å²) in [5.74, 6) is 0.904. The second-order valence-corrected chi connectivity index (χ2v) is 5.15. The predicted octanol–water partition coefficient (Wildman–Crippen LogP) is 3.57. The summed E-state index contributed by atoms with van der Waals surface area (Å²) >= 11 is 0. The molecule has 0 atom stereocenters. The molecule has 1 saturated carbocycles. The monoisotopic (exact) mass is 272 g/mol. The molecule has 0 unspecified atom stereocenters. The maximum Gasteiger partial charge on any atom is 0.150 e. The molecule has 0 amide bonds. The maximum atomic E-state index is 13.5. The number of hydrogen-bond donors (Lipinski definition) is 1. The van der Waals surface area contributed by atoms with Crippen molar-refractivity contribution in [3.63, 3.8) is 0 Å². The average Bonchev–Trinajstić information content (AvgIpc) is 3.26. The fourth-order valence-electron chi connectivity index (χ4n) is 1.95. The number of rotatable bonds is 5. The molecule has 1 heterocycles. The molecule has 1 aliphatic carbocycles. The summed E-state index contributed by atoms with van der Waals surface area (Å²) < 4.78 is 19.3. The van der Waals surface area contributed by atoms with E-state index < -0.39 is 0 Å². The Kier molecular flexibility index (Phi) is 3.65. The lowest BCUT2D eigenvalue weighted by Gasteiger charge is -2.11. The van der Waals surface area contributed by atoms with Crippen LogP contribution in [0.25, 0.3) is 0 Å². The molecule has 1 N–H and O–H groups in total. The van der Waals surface area contributed by atoms with Gasteiger partial charge in [0.05, 0.1) is 6.20 Å². The smallest absolute Gasteiger partial charge is 0.150 e. The van der Waals surface area contributed by atoms with E-state index in [0.29, 0.717) is 23.1 Å². The number of aromatic nitrogens is 1. The summed E-state index contributed by atoms with van der Waals surface area (Å²) in [5, 5.41) is 3.44. The molecular formula is C16H17FN2O. The fourth-order valence-corrected chi connectivity index (χ4v) is 1.95. The number of nitrogens with one attached hydrogen (secondary N) is 1. The molecule has 0 aliphatic heterocycles. The summed E-state index contributed by atoms with van der Waals surface area (Å²) in [6.07, 6.45) is 5.89. The van der Waals surface area contributed by atoms with Gasteiger partial charge in [0, 0.05) is 30.4 Å². The van der Waals surface area contributed by atoms with Gasteiger partial charge in [-0.25, -0.2) is 4.39 Å². The van der Waals surface area contributed by atoms with Crippen LogP contribution in [0.1, 0.15) is 24.0 Å². The van der Waals surface area contributed by atoms with E-state index in [1.54, 1.807) is 31.5 Å². The van der Waals surface area contributed by atoms with Crippen molar-refractivity contribution in [2.24, 2.45) is 0 Å². The minimum absolute atomic E-state index is 0.260. The van der Waals surface area contributed by atoms with Gasteiger partial charge >= 0.3 is 0 Å². The molecule has 1 aromatic heterocycles. The van der Waals surface area contributed by atoms with E-state index in [9.17, 15) is 4.39 Å². The molecule has 3 rings (SSSR count). The summed E-state index contributed by atoms with van der Waals surface area (Å²) in [7, 11) is 0. The van der Waals surface area contributed by atoms with Gasteiger partial charge in [-0.3, -0.25) is 4.98 Å². The highest BCUT2D eigenvalue weighted by molar-refractivity contribution is 5.36. The van der Waals surface area contributed by atoms with Crippen LogP contribution in [0.3, 0.4) is 0 Å². The number of halogens is 1. The van der Waals surface area contributed by atoms with Gasteiger partial charge in [-0.05, 0) is 37.5 Å². The lowest BCUT2D eigenvalue weighted by atomic mass is 10.2. The highest BCUT2D eigenvalue weighted by Gasteiger charge is 2.20. The number of aryl methyl sites for hydroxylation is 1. The van der Waals surface area contributed by atoms with Gasteiger partial charge in [-0.15, -0.1) is 0 Å². The third-order valence-corrected chi connectivity index (χ3v) is 3.40. The SMILES string of the molecule is Cc1ccc(Oc2cnccc2CNC2CC2)cc1F. The van der Waals surface area contributed by atoms with Gasteiger partial charge < -0.3 is 10.1 Å². The van der Waals surface area contributed by atoms with Crippen LogP contribution in [0.2, 0.25) is 0 Å². The molecule has 0 bridgehead atoms. The Labute approximate surface area is 117 Å². The molecule has 104 valence electrons. The van der Waals surface area contributed by atoms with Crippen molar-refractivity contribution in [2.75, 3.05) is 0 Å². The Bertz CT molecular complexity index is 611. The van der Waals surface area contributed by atoms with Crippen molar-refractivity contribution < 1.29 is 9.13 Å². The van der Waals surface area contributed by atoms with Crippen molar-refractivity contribution in [3.8, 4) is 11.5 Å². The molecular weight excluding hydrogens is 255 g/mol. The van der Waals surface area contributed by atoms with E-state index in [1.807, 2.05) is 6.07 Å². The minimum Gasteiger partial charge on any atom is -0.455 e. The molecule has 0 radical (unpaired) electrons. The van der Waals surface area contributed by atoms with Crippen LogP contribution in [0.15, 0.2) is 36.7 Å². The largest absolute Gasteiger partial charge is 0.455 e. The standard InChI is InChI=1S/C16H17FN2O/c1-11-2-5-14(8-15(11)17)20-16-10-18-7-6-12(16)9-19-13-3-4-13/h2,5-8,10,13,19H,3-4,9H2,1H3. The van der Waals surface area contributed by atoms with E-state index in [1.165, 1.54) is 18.9 Å². The summed E-state index contributed by atoms with van der Waals surface area (Å²) in [6, 6.07) is 7.44. The maximum absolute atomic E-state index is 13.5. The predicted molar refractivity (Wildman–Crippen MR) is 75.3 cm³/mol. The first kappa shape index (κ1) is 13.1. The van der Waals surface area contributed by atoms with Crippen LogP contribution < -0.4 is 10.1 Å². The molecule has 1 aliphatic rings. The number of nitrogens with zero attached hydrogens (tertiary/aromatic N) is 1. The Morgan fingerprint density at radius 2 is 2.20 bits per heavy atom. The normalized spacial score (nSPS) is 14.3. The van der Waals surface area contributed by atoms with E-state index in [4.69, 9.17) is 4.74 Å². The average molecular weight is 272 g/mol. The molecule has 1 aromatic carbocycles. The topological polar surface area (TPSA) is 34.1 Å². The van der Waals surface area contributed by atoms with Crippen molar-refractivity contribution >= 4 is 0 Å². The summed E-state index contributed by atoms with van der Waals surface area (Å²) in [6.45, 7) is 2.48. The van der Waals surface area contributed by atoms with E-state index in [-0.39, 0.29) is 5.82 Å². The molecule has 0 spiro atoms. The third-order valence-electron chi connectivity index (χ3n) is 3.40. The zero-order valence-corrected chi connectivity index (χ0v) is 11.4. The Balaban J connectivity index is 1.76. The fraction of sp³-hybridized carbons (Fsp3) is 0.312. The Morgan fingerprint density at radius 1 is 1.35 bits per heavy atom. The van der Waals surface area contributed by atoms with Crippen LogP contribution in [0.4, 0.5) is 4.39 Å². The number of hydrogen-bond acceptors (Lipinski definition) is 3. The van der Waals surface area contributed by atoms with E-state index in [0.717, 1.165) is 12.1 Å². The molecule has 0 saturated heterocycles. The molecule has 4 heteroatoms.